The molecule has 1 aromatic carbocycles. The van der Waals surface area contributed by atoms with Crippen LogP contribution in [0.2, 0.25) is 0 Å². The molecule has 0 saturated carbocycles. The van der Waals surface area contributed by atoms with Crippen LogP contribution in [-0.2, 0) is 13.7 Å². The van der Waals surface area contributed by atoms with Gasteiger partial charge in [-0.05, 0) is 16.5 Å². The first-order chi connectivity index (χ1) is 11.1. The fourth-order valence-electron chi connectivity index (χ4n) is 2.03. The Morgan fingerprint density at radius 1 is 1.35 bits per heavy atom. The van der Waals surface area contributed by atoms with E-state index in [1.807, 2.05) is 0 Å². The summed E-state index contributed by atoms with van der Waals surface area (Å²) in [6.45, 7) is -0.160. The van der Waals surface area contributed by atoms with Gasteiger partial charge >= 0.3 is 5.69 Å². The summed E-state index contributed by atoms with van der Waals surface area (Å²) >= 11 is 1.24. The van der Waals surface area contributed by atoms with E-state index in [2.05, 4.69) is 15.4 Å². The fourth-order valence-corrected chi connectivity index (χ4v) is 2.52. The van der Waals surface area contributed by atoms with Crippen LogP contribution in [0, 0.1) is 0 Å². The van der Waals surface area contributed by atoms with Crippen molar-refractivity contribution < 1.29 is 13.5 Å². The van der Waals surface area contributed by atoms with Crippen LogP contribution in [0.15, 0.2) is 34.6 Å². The minimum Gasteiger partial charge on any atom is -0.465 e. The first kappa shape index (κ1) is 15.3. The highest BCUT2D eigenvalue weighted by Crippen LogP contribution is 2.28. The lowest BCUT2D eigenvalue weighted by Gasteiger charge is -2.13. The van der Waals surface area contributed by atoms with Crippen molar-refractivity contribution in [3.05, 3.63) is 51.4 Å². The van der Waals surface area contributed by atoms with Gasteiger partial charge in [0.25, 0.3) is 11.6 Å². The third-order valence-electron chi connectivity index (χ3n) is 3.12. The topological polar surface area (TPSA) is 74.8 Å². The summed E-state index contributed by atoms with van der Waals surface area (Å²) in [5, 5.41) is 9.36. The number of alkyl halides is 2. The maximum absolute atomic E-state index is 13.3. The Morgan fingerprint density at radius 2 is 2.17 bits per heavy atom. The smallest absolute Gasteiger partial charge is 0.368 e. The van der Waals surface area contributed by atoms with E-state index >= 15 is 0 Å². The number of tetrazole rings is 1. The van der Waals surface area contributed by atoms with Crippen LogP contribution in [-0.4, -0.2) is 24.8 Å². The third kappa shape index (κ3) is 2.97. The van der Waals surface area contributed by atoms with E-state index in [1.165, 1.54) is 36.6 Å². The van der Waals surface area contributed by atoms with Gasteiger partial charge in [-0.3, -0.25) is 0 Å². The van der Waals surface area contributed by atoms with Crippen molar-refractivity contribution in [1.82, 2.24) is 24.8 Å². The molecule has 0 aliphatic heterocycles. The van der Waals surface area contributed by atoms with E-state index in [9.17, 15) is 13.6 Å². The van der Waals surface area contributed by atoms with Crippen LogP contribution in [0.4, 0.5) is 8.78 Å². The van der Waals surface area contributed by atoms with E-state index in [4.69, 9.17) is 4.74 Å². The Hall–Kier alpha value is -2.62. The predicted octanol–water partition coefficient (Wildman–Crippen LogP) is 1.94. The van der Waals surface area contributed by atoms with Gasteiger partial charge in [0.15, 0.2) is 0 Å². The third-order valence-corrected chi connectivity index (χ3v) is 3.80. The normalized spacial score (nSPS) is 11.1. The Morgan fingerprint density at radius 3 is 2.78 bits per heavy atom. The molecule has 0 N–H and O–H groups in total. The molecule has 0 atom stereocenters. The summed E-state index contributed by atoms with van der Waals surface area (Å²) < 4.78 is 34.0. The zero-order valence-electron chi connectivity index (χ0n) is 11.9. The molecule has 3 aromatic rings. The lowest BCUT2D eigenvalue weighted by atomic mass is 10.1. The predicted molar refractivity (Wildman–Crippen MR) is 78.0 cm³/mol. The van der Waals surface area contributed by atoms with Gasteiger partial charge in [0.05, 0.1) is 5.69 Å². The lowest BCUT2D eigenvalue weighted by Crippen LogP contribution is -2.23. The molecule has 0 bridgehead atoms. The van der Waals surface area contributed by atoms with Crippen LogP contribution in [0.3, 0.4) is 0 Å². The highest BCUT2D eigenvalue weighted by atomic mass is 32.1. The average Bonchev–Trinajstić information content (AvgIpc) is 3.16. The van der Waals surface area contributed by atoms with E-state index < -0.39 is 12.1 Å². The first-order valence-corrected chi connectivity index (χ1v) is 7.37. The molecular weight excluding hydrogens is 328 g/mol. The molecule has 0 unspecified atom stereocenters. The van der Waals surface area contributed by atoms with Crippen molar-refractivity contribution in [2.45, 2.75) is 13.0 Å². The second-order valence-electron chi connectivity index (χ2n) is 4.53. The SMILES string of the molecule is Cn1nnn(-c2cccc(C(F)F)c2COc2nccs2)c1=O. The molecule has 10 heteroatoms. The van der Waals surface area contributed by atoms with Crippen LogP contribution < -0.4 is 10.4 Å². The zero-order chi connectivity index (χ0) is 16.4. The fraction of sp³-hybridized carbons (Fsp3) is 0.231. The summed E-state index contributed by atoms with van der Waals surface area (Å²) in [6.07, 6.45) is -1.16. The van der Waals surface area contributed by atoms with Gasteiger partial charge in [-0.1, -0.05) is 23.5 Å². The molecule has 120 valence electrons. The second-order valence-corrected chi connectivity index (χ2v) is 5.39. The van der Waals surface area contributed by atoms with Crippen molar-refractivity contribution in [3.63, 3.8) is 0 Å². The first-order valence-electron chi connectivity index (χ1n) is 6.49. The van der Waals surface area contributed by atoms with Crippen LogP contribution in [0.1, 0.15) is 17.6 Å². The van der Waals surface area contributed by atoms with Crippen molar-refractivity contribution in [2.75, 3.05) is 0 Å². The molecular formula is C13H11F2N5O2S. The zero-order valence-corrected chi connectivity index (χ0v) is 12.7. The molecule has 3 rings (SSSR count). The molecule has 7 nitrogen and oxygen atoms in total. The molecule has 0 aliphatic carbocycles. The summed E-state index contributed by atoms with van der Waals surface area (Å²) in [4.78, 5) is 15.9. The molecule has 0 amide bonds. The number of ether oxygens (including phenoxy) is 1. The van der Waals surface area contributed by atoms with E-state index in [-0.39, 0.29) is 23.4 Å². The number of aromatic nitrogens is 5. The summed E-state index contributed by atoms with van der Waals surface area (Å²) in [7, 11) is 1.43. The Bertz CT molecular complexity index is 860. The molecule has 23 heavy (non-hydrogen) atoms. The monoisotopic (exact) mass is 339 g/mol. The summed E-state index contributed by atoms with van der Waals surface area (Å²) in [6, 6.07) is 4.24. The number of nitrogens with zero attached hydrogens (tertiary/aromatic N) is 5. The van der Waals surface area contributed by atoms with Crippen LogP contribution >= 0.6 is 11.3 Å². The largest absolute Gasteiger partial charge is 0.465 e. The van der Waals surface area contributed by atoms with Gasteiger partial charge in [-0.15, -0.1) is 0 Å². The summed E-state index contributed by atoms with van der Waals surface area (Å²) in [5.41, 5.74) is -0.388. The standard InChI is InChI=1S/C13H11F2N5O2S/c1-19-13(21)20(18-17-19)10-4-2-3-8(11(14)15)9(10)7-22-12-16-5-6-23-12/h2-6,11H,7H2,1H3. The van der Waals surface area contributed by atoms with Crippen LogP contribution in [0.25, 0.3) is 5.69 Å². The number of hydrogen-bond acceptors (Lipinski definition) is 6. The van der Waals surface area contributed by atoms with E-state index in [1.54, 1.807) is 11.6 Å². The molecule has 0 spiro atoms. The van der Waals surface area contributed by atoms with Gasteiger partial charge in [0.1, 0.15) is 6.61 Å². The quantitative estimate of drug-likeness (QED) is 0.710. The number of thiazole rings is 1. The molecule has 0 saturated heterocycles. The molecule has 0 radical (unpaired) electrons. The van der Waals surface area contributed by atoms with Gasteiger partial charge in [0.2, 0.25) is 0 Å². The number of rotatable bonds is 5. The van der Waals surface area contributed by atoms with Gasteiger partial charge in [-0.25, -0.2) is 18.6 Å². The van der Waals surface area contributed by atoms with Crippen molar-refractivity contribution in [1.29, 1.82) is 0 Å². The molecule has 0 fully saturated rings. The molecule has 2 aromatic heterocycles. The number of aryl methyl sites for hydroxylation is 1. The van der Waals surface area contributed by atoms with Crippen molar-refractivity contribution in [2.24, 2.45) is 7.05 Å². The maximum atomic E-state index is 13.3. The highest BCUT2D eigenvalue weighted by molar-refractivity contribution is 7.11. The minimum atomic E-state index is -2.71. The molecule has 2 heterocycles. The molecule has 0 aliphatic rings. The Kier molecular flexibility index (Phi) is 4.15. The number of hydrogen-bond donors (Lipinski definition) is 0. The highest BCUT2D eigenvalue weighted by Gasteiger charge is 2.20. The summed E-state index contributed by atoms with van der Waals surface area (Å²) in [5.74, 6) is 0. The average molecular weight is 339 g/mol. The van der Waals surface area contributed by atoms with Gasteiger partial charge in [0, 0.05) is 29.8 Å². The van der Waals surface area contributed by atoms with Gasteiger partial charge in [-0.2, -0.15) is 9.36 Å². The van der Waals surface area contributed by atoms with Gasteiger partial charge < -0.3 is 4.74 Å². The second kappa shape index (κ2) is 6.24. The van der Waals surface area contributed by atoms with E-state index in [0.717, 1.165) is 9.36 Å². The minimum absolute atomic E-state index is 0.160. The van der Waals surface area contributed by atoms with E-state index in [0.29, 0.717) is 5.19 Å². The Balaban J connectivity index is 2.06. The number of halogens is 2. The van der Waals surface area contributed by atoms with Crippen molar-refractivity contribution in [3.8, 4) is 10.9 Å². The maximum Gasteiger partial charge on any atom is 0.368 e. The number of benzene rings is 1. The van der Waals surface area contributed by atoms with Crippen LogP contribution in [0.5, 0.6) is 5.19 Å². The lowest BCUT2D eigenvalue weighted by molar-refractivity contribution is 0.148. The Labute approximate surface area is 132 Å². The van der Waals surface area contributed by atoms with Crippen molar-refractivity contribution >= 4 is 11.3 Å².